The summed E-state index contributed by atoms with van der Waals surface area (Å²) in [5.41, 5.74) is 2.12. The number of carbonyl (C=O) groups is 1. The van der Waals surface area contributed by atoms with E-state index in [2.05, 4.69) is 30.9 Å². The van der Waals surface area contributed by atoms with Gasteiger partial charge in [-0.3, -0.25) is 9.69 Å². The lowest BCUT2D eigenvalue weighted by Gasteiger charge is -2.50. The van der Waals surface area contributed by atoms with Crippen LogP contribution >= 0.6 is 12.4 Å². The van der Waals surface area contributed by atoms with Gasteiger partial charge in [0.15, 0.2) is 5.78 Å². The molecule has 1 aromatic rings. The Morgan fingerprint density at radius 1 is 1.00 bits per heavy atom. The molecule has 0 aromatic heterocycles. The molecule has 3 rings (SSSR count). The Bertz CT molecular complexity index is 825. The van der Waals surface area contributed by atoms with Gasteiger partial charge in [0, 0.05) is 43.7 Å². The average molecular weight is 485 g/mol. The van der Waals surface area contributed by atoms with Crippen LogP contribution in [0.5, 0.6) is 0 Å². The zero-order valence-corrected chi connectivity index (χ0v) is 21.6. The number of Topliss-reactive ketones (excluding diaryl/α,β-unsaturated/α-hetero) is 1. The number of hydrogen-bond donors (Lipinski definition) is 0. The number of sulfonamides is 1. The quantitative estimate of drug-likeness (QED) is 0.449. The maximum atomic E-state index is 12.9. The Kier molecular flexibility index (Phi) is 10.2. The Hall–Kier alpha value is -0.950. The highest BCUT2D eigenvalue weighted by Gasteiger charge is 2.40. The van der Waals surface area contributed by atoms with Crippen LogP contribution in [0.2, 0.25) is 0 Å². The van der Waals surface area contributed by atoms with E-state index in [1.165, 1.54) is 24.8 Å². The summed E-state index contributed by atoms with van der Waals surface area (Å²) in [5.74, 6) is 0.932. The predicted octanol–water partition coefficient (Wildman–Crippen LogP) is 5.26. The Morgan fingerprint density at radius 3 is 2.12 bits per heavy atom. The summed E-state index contributed by atoms with van der Waals surface area (Å²) in [6.07, 6.45) is 8.00. The van der Waals surface area contributed by atoms with E-state index >= 15 is 0 Å². The van der Waals surface area contributed by atoms with Crippen molar-refractivity contribution >= 4 is 28.2 Å². The molecular weight excluding hydrogens is 444 g/mol. The van der Waals surface area contributed by atoms with Crippen LogP contribution in [0.15, 0.2) is 24.3 Å². The molecule has 1 aliphatic heterocycles. The molecule has 0 spiro atoms. The topological polar surface area (TPSA) is 57.7 Å². The average Bonchev–Trinajstić information content (AvgIpc) is 2.78. The van der Waals surface area contributed by atoms with Gasteiger partial charge in [-0.05, 0) is 37.2 Å². The number of hydrogen-bond acceptors (Lipinski definition) is 4. The van der Waals surface area contributed by atoms with Gasteiger partial charge in [0.05, 0.1) is 5.75 Å². The predicted molar refractivity (Wildman–Crippen MR) is 134 cm³/mol. The molecule has 0 atom stereocenters. The van der Waals surface area contributed by atoms with Gasteiger partial charge in [0.2, 0.25) is 10.0 Å². The summed E-state index contributed by atoms with van der Waals surface area (Å²) >= 11 is 0. The summed E-state index contributed by atoms with van der Waals surface area (Å²) in [6, 6.07) is 8.10. The van der Waals surface area contributed by atoms with Gasteiger partial charge in [-0.2, -0.15) is 4.31 Å². The molecular formula is C25H41ClN2O3S. The van der Waals surface area contributed by atoms with E-state index in [4.69, 9.17) is 0 Å². The zero-order chi connectivity index (χ0) is 22.5. The fourth-order valence-electron chi connectivity index (χ4n) is 5.31. The second-order valence-electron chi connectivity index (χ2n) is 9.69. The van der Waals surface area contributed by atoms with Crippen molar-refractivity contribution in [3.05, 3.63) is 35.4 Å². The molecule has 2 fully saturated rings. The minimum atomic E-state index is -3.13. The van der Waals surface area contributed by atoms with Gasteiger partial charge in [-0.1, -0.05) is 64.3 Å². The lowest BCUT2D eigenvalue weighted by atomic mass is 9.76. The van der Waals surface area contributed by atoms with Crippen LogP contribution in [0.25, 0.3) is 0 Å². The summed E-state index contributed by atoms with van der Waals surface area (Å²) in [7, 11) is -3.13. The number of halogens is 1. The molecule has 0 amide bonds. The van der Waals surface area contributed by atoms with Crippen LogP contribution in [0.4, 0.5) is 0 Å². The fourth-order valence-corrected chi connectivity index (χ4v) is 6.80. The van der Waals surface area contributed by atoms with Crippen LogP contribution in [-0.2, 0) is 10.0 Å². The Labute approximate surface area is 201 Å². The summed E-state index contributed by atoms with van der Waals surface area (Å²) in [5, 5.41) is 0. The van der Waals surface area contributed by atoms with E-state index in [0.717, 1.165) is 37.9 Å². The van der Waals surface area contributed by atoms with E-state index in [1.54, 1.807) is 4.31 Å². The van der Waals surface area contributed by atoms with Gasteiger partial charge in [0.1, 0.15) is 0 Å². The Balaban J connectivity index is 0.00000363. The van der Waals surface area contributed by atoms with Crippen LogP contribution in [0, 0.1) is 0 Å². The molecule has 0 unspecified atom stereocenters. The first kappa shape index (κ1) is 27.3. The molecule has 2 aliphatic rings. The van der Waals surface area contributed by atoms with Crippen LogP contribution in [0.1, 0.15) is 94.0 Å². The SMILES string of the molecule is CCCS(=O)(=O)N1CCN(C2(CCC(=O)c3ccc(C(C)C)cc3)CCCCC2)CC1.Cl. The third-order valence-electron chi connectivity index (χ3n) is 7.27. The molecule has 7 heteroatoms. The highest BCUT2D eigenvalue weighted by Crippen LogP contribution is 2.38. The van der Waals surface area contributed by atoms with Gasteiger partial charge in [-0.25, -0.2) is 8.42 Å². The van der Waals surface area contributed by atoms with Gasteiger partial charge < -0.3 is 0 Å². The van der Waals surface area contributed by atoms with Crippen molar-refractivity contribution in [1.29, 1.82) is 0 Å². The highest BCUT2D eigenvalue weighted by molar-refractivity contribution is 7.89. The lowest BCUT2D eigenvalue weighted by molar-refractivity contribution is 0.0165. The standard InChI is InChI=1S/C25H40N2O3S.ClH/c1-4-20-31(29,30)27-18-16-26(17-19-27)25(13-6-5-7-14-25)15-12-24(28)23-10-8-22(9-11-23)21(2)3;/h8-11,21H,4-7,12-20H2,1-3H3;1H. The number of rotatable bonds is 9. The van der Waals surface area contributed by atoms with Crippen molar-refractivity contribution in [2.45, 2.75) is 83.6 Å². The van der Waals surface area contributed by atoms with E-state index in [9.17, 15) is 13.2 Å². The van der Waals surface area contributed by atoms with Crippen molar-refractivity contribution in [1.82, 2.24) is 9.21 Å². The minimum absolute atomic E-state index is 0. The molecule has 182 valence electrons. The van der Waals surface area contributed by atoms with E-state index in [0.29, 0.717) is 31.8 Å². The van der Waals surface area contributed by atoms with Crippen molar-refractivity contribution in [2.24, 2.45) is 0 Å². The largest absolute Gasteiger partial charge is 0.295 e. The third kappa shape index (κ3) is 6.55. The van der Waals surface area contributed by atoms with Crippen molar-refractivity contribution in [2.75, 3.05) is 31.9 Å². The molecule has 1 heterocycles. The second kappa shape index (κ2) is 12.0. The molecule has 5 nitrogen and oxygen atoms in total. The minimum Gasteiger partial charge on any atom is -0.295 e. The molecule has 1 aromatic carbocycles. The Morgan fingerprint density at radius 2 is 1.59 bits per heavy atom. The number of benzene rings is 1. The molecule has 0 bridgehead atoms. The fraction of sp³-hybridized carbons (Fsp3) is 0.720. The lowest BCUT2D eigenvalue weighted by Crippen LogP contribution is -2.58. The monoisotopic (exact) mass is 484 g/mol. The van der Waals surface area contributed by atoms with Crippen LogP contribution < -0.4 is 0 Å². The number of ketones is 1. The molecule has 32 heavy (non-hydrogen) atoms. The maximum Gasteiger partial charge on any atom is 0.214 e. The molecule has 1 saturated carbocycles. The molecule has 0 radical (unpaired) electrons. The zero-order valence-electron chi connectivity index (χ0n) is 20.0. The first-order valence-electron chi connectivity index (χ1n) is 12.1. The second-order valence-corrected chi connectivity index (χ2v) is 11.8. The van der Waals surface area contributed by atoms with Crippen molar-refractivity contribution < 1.29 is 13.2 Å². The maximum absolute atomic E-state index is 12.9. The summed E-state index contributed by atoms with van der Waals surface area (Å²) < 4.78 is 26.6. The van der Waals surface area contributed by atoms with Crippen molar-refractivity contribution in [3.8, 4) is 0 Å². The smallest absolute Gasteiger partial charge is 0.214 e. The third-order valence-corrected chi connectivity index (χ3v) is 9.34. The summed E-state index contributed by atoms with van der Waals surface area (Å²) in [4.78, 5) is 15.5. The van der Waals surface area contributed by atoms with Gasteiger partial charge >= 0.3 is 0 Å². The van der Waals surface area contributed by atoms with Crippen LogP contribution in [0.3, 0.4) is 0 Å². The number of carbonyl (C=O) groups excluding carboxylic acids is 1. The molecule has 1 aliphatic carbocycles. The van der Waals surface area contributed by atoms with Gasteiger partial charge in [0.25, 0.3) is 0 Å². The van der Waals surface area contributed by atoms with Crippen molar-refractivity contribution in [3.63, 3.8) is 0 Å². The normalized spacial score (nSPS) is 20.1. The van der Waals surface area contributed by atoms with Crippen LogP contribution in [-0.4, -0.2) is 60.9 Å². The first-order chi connectivity index (χ1) is 14.8. The van der Waals surface area contributed by atoms with E-state index in [-0.39, 0.29) is 29.5 Å². The molecule has 1 saturated heterocycles. The first-order valence-corrected chi connectivity index (χ1v) is 13.7. The van der Waals surface area contributed by atoms with E-state index < -0.39 is 10.0 Å². The van der Waals surface area contributed by atoms with E-state index in [1.807, 2.05) is 19.1 Å². The number of piperazine rings is 1. The molecule has 0 N–H and O–H groups in total. The number of nitrogens with zero attached hydrogens (tertiary/aromatic N) is 2. The van der Waals surface area contributed by atoms with Gasteiger partial charge in [-0.15, -0.1) is 12.4 Å². The highest BCUT2D eigenvalue weighted by atomic mass is 35.5. The summed E-state index contributed by atoms with van der Waals surface area (Å²) in [6.45, 7) is 8.95.